The van der Waals surface area contributed by atoms with Crippen LogP contribution in [0, 0.1) is 6.92 Å². The van der Waals surface area contributed by atoms with E-state index in [1.807, 2.05) is 25.1 Å². The third kappa shape index (κ3) is 3.98. The molecule has 0 atom stereocenters. The number of nitrogens with two attached hydrogens (primary N) is 1. The smallest absolute Gasteiger partial charge is 0.156 e. The van der Waals surface area contributed by atoms with Gasteiger partial charge in [-0.1, -0.05) is 35.3 Å². The second-order valence-electron chi connectivity index (χ2n) is 4.29. The van der Waals surface area contributed by atoms with Crippen LogP contribution in [0.5, 0.6) is 5.75 Å². The highest BCUT2D eigenvalue weighted by atomic mass is 35.5. The predicted octanol–water partition coefficient (Wildman–Crippen LogP) is 5.06. The number of hydrogen-bond donors (Lipinski definition) is 1. The summed E-state index contributed by atoms with van der Waals surface area (Å²) in [6.07, 6.45) is 0. The van der Waals surface area contributed by atoms with Crippen molar-refractivity contribution in [3.63, 3.8) is 0 Å². The highest BCUT2D eigenvalue weighted by Gasteiger charge is 2.06. The van der Waals surface area contributed by atoms with Gasteiger partial charge in [-0.3, -0.25) is 0 Å². The van der Waals surface area contributed by atoms with E-state index in [1.165, 1.54) is 0 Å². The molecule has 0 saturated heterocycles. The average molecular weight is 328 g/mol. The average Bonchev–Trinajstić information content (AvgIpc) is 2.39. The fraction of sp³-hybridized carbons (Fsp3) is 0.200. The van der Waals surface area contributed by atoms with E-state index < -0.39 is 0 Å². The molecular weight excluding hydrogens is 313 g/mol. The third-order valence-corrected chi connectivity index (χ3v) is 4.32. The Labute approximate surface area is 133 Å². The number of para-hydroxylation sites is 1. The topological polar surface area (TPSA) is 35.2 Å². The van der Waals surface area contributed by atoms with Gasteiger partial charge in [0.1, 0.15) is 0 Å². The first-order chi connectivity index (χ1) is 9.58. The molecule has 0 unspecified atom stereocenters. The molecule has 0 aliphatic carbocycles. The summed E-state index contributed by atoms with van der Waals surface area (Å²) in [5, 5.41) is 1.05. The normalized spacial score (nSPS) is 10.6. The van der Waals surface area contributed by atoms with E-state index in [4.69, 9.17) is 33.7 Å². The van der Waals surface area contributed by atoms with Gasteiger partial charge in [0.2, 0.25) is 0 Å². The minimum Gasteiger partial charge on any atom is -0.490 e. The molecule has 2 N–H and O–H groups in total. The molecule has 0 fully saturated rings. The number of aryl methyl sites for hydroxylation is 1. The van der Waals surface area contributed by atoms with Crippen LogP contribution in [0.15, 0.2) is 41.3 Å². The molecule has 106 valence electrons. The van der Waals surface area contributed by atoms with Crippen molar-refractivity contribution in [3.8, 4) is 5.75 Å². The highest BCUT2D eigenvalue weighted by Crippen LogP contribution is 2.33. The molecule has 2 aromatic carbocycles. The van der Waals surface area contributed by atoms with E-state index in [1.54, 1.807) is 30.0 Å². The van der Waals surface area contributed by atoms with Crippen LogP contribution in [-0.4, -0.2) is 12.4 Å². The van der Waals surface area contributed by atoms with Crippen molar-refractivity contribution in [2.24, 2.45) is 0 Å². The number of halogens is 2. The molecule has 0 saturated carbocycles. The van der Waals surface area contributed by atoms with Crippen LogP contribution >= 0.6 is 35.0 Å². The molecule has 5 heteroatoms. The van der Waals surface area contributed by atoms with Crippen LogP contribution in [0.1, 0.15) is 5.56 Å². The Bertz CT molecular complexity index is 584. The zero-order chi connectivity index (χ0) is 14.5. The van der Waals surface area contributed by atoms with Crippen molar-refractivity contribution in [3.05, 3.63) is 52.0 Å². The Balaban J connectivity index is 1.88. The minimum atomic E-state index is 0.515. The maximum absolute atomic E-state index is 6.03. The predicted molar refractivity (Wildman–Crippen MR) is 88.3 cm³/mol. The lowest BCUT2D eigenvalue weighted by atomic mass is 10.2. The summed E-state index contributed by atoms with van der Waals surface area (Å²) in [6, 6.07) is 11.3. The van der Waals surface area contributed by atoms with Crippen LogP contribution in [0.3, 0.4) is 0 Å². The van der Waals surface area contributed by atoms with Gasteiger partial charge in [-0.25, -0.2) is 0 Å². The van der Waals surface area contributed by atoms with Gasteiger partial charge in [-0.05, 0) is 36.8 Å². The van der Waals surface area contributed by atoms with Crippen molar-refractivity contribution >= 4 is 40.7 Å². The highest BCUT2D eigenvalue weighted by molar-refractivity contribution is 7.99. The van der Waals surface area contributed by atoms with E-state index in [2.05, 4.69) is 0 Å². The van der Waals surface area contributed by atoms with Gasteiger partial charge >= 0.3 is 0 Å². The Morgan fingerprint density at radius 1 is 1.15 bits per heavy atom. The lowest BCUT2D eigenvalue weighted by Gasteiger charge is -2.10. The van der Waals surface area contributed by atoms with Crippen molar-refractivity contribution in [1.82, 2.24) is 0 Å². The molecule has 0 aliphatic heterocycles. The zero-order valence-corrected chi connectivity index (χ0v) is 13.4. The summed E-state index contributed by atoms with van der Waals surface area (Å²) in [6.45, 7) is 2.54. The fourth-order valence-corrected chi connectivity index (χ4v) is 3.00. The van der Waals surface area contributed by atoms with Gasteiger partial charge in [0.05, 0.1) is 16.7 Å². The SMILES string of the molecule is Cc1ccc(SCCOc2c(Cl)cccc2Cl)c(N)c1. The summed E-state index contributed by atoms with van der Waals surface area (Å²) in [5.74, 6) is 1.31. The summed E-state index contributed by atoms with van der Waals surface area (Å²) < 4.78 is 5.63. The maximum Gasteiger partial charge on any atom is 0.156 e. The summed E-state index contributed by atoms with van der Waals surface area (Å²) in [7, 11) is 0. The number of rotatable bonds is 5. The monoisotopic (exact) mass is 327 g/mol. The van der Waals surface area contributed by atoms with Gasteiger partial charge in [-0.2, -0.15) is 0 Å². The molecule has 0 aromatic heterocycles. The summed E-state index contributed by atoms with van der Waals surface area (Å²) >= 11 is 13.7. The van der Waals surface area contributed by atoms with E-state index in [-0.39, 0.29) is 0 Å². The third-order valence-electron chi connectivity index (χ3n) is 2.67. The summed E-state index contributed by atoms with van der Waals surface area (Å²) in [5.41, 5.74) is 7.91. The van der Waals surface area contributed by atoms with Crippen molar-refractivity contribution in [2.75, 3.05) is 18.1 Å². The van der Waals surface area contributed by atoms with Gasteiger partial charge in [0, 0.05) is 16.3 Å². The molecule has 0 amide bonds. The Morgan fingerprint density at radius 2 is 1.85 bits per heavy atom. The van der Waals surface area contributed by atoms with Crippen LogP contribution in [0.25, 0.3) is 0 Å². The van der Waals surface area contributed by atoms with Crippen molar-refractivity contribution in [2.45, 2.75) is 11.8 Å². The molecular formula is C15H15Cl2NOS. The molecule has 2 nitrogen and oxygen atoms in total. The molecule has 0 spiro atoms. The van der Waals surface area contributed by atoms with Crippen LogP contribution < -0.4 is 10.5 Å². The second kappa shape index (κ2) is 7.11. The Kier molecular flexibility index (Phi) is 5.46. The van der Waals surface area contributed by atoms with Gasteiger partial charge < -0.3 is 10.5 Å². The van der Waals surface area contributed by atoms with E-state index >= 15 is 0 Å². The molecule has 2 rings (SSSR count). The van der Waals surface area contributed by atoms with Crippen molar-refractivity contribution < 1.29 is 4.74 Å². The van der Waals surface area contributed by atoms with Crippen molar-refractivity contribution in [1.29, 1.82) is 0 Å². The van der Waals surface area contributed by atoms with Gasteiger partial charge in [-0.15, -0.1) is 11.8 Å². The first-order valence-corrected chi connectivity index (χ1v) is 7.88. The molecule has 0 heterocycles. The maximum atomic E-state index is 6.03. The number of benzene rings is 2. The Morgan fingerprint density at radius 3 is 2.50 bits per heavy atom. The van der Waals surface area contributed by atoms with E-state index in [0.29, 0.717) is 22.4 Å². The molecule has 20 heavy (non-hydrogen) atoms. The fourth-order valence-electron chi connectivity index (χ4n) is 1.72. The lowest BCUT2D eigenvalue weighted by Crippen LogP contribution is -2.01. The first-order valence-electron chi connectivity index (χ1n) is 6.13. The second-order valence-corrected chi connectivity index (χ2v) is 6.24. The number of anilines is 1. The van der Waals surface area contributed by atoms with E-state index in [0.717, 1.165) is 21.9 Å². The lowest BCUT2D eigenvalue weighted by molar-refractivity contribution is 0.344. The van der Waals surface area contributed by atoms with E-state index in [9.17, 15) is 0 Å². The molecule has 0 aliphatic rings. The number of hydrogen-bond acceptors (Lipinski definition) is 3. The zero-order valence-electron chi connectivity index (χ0n) is 11.0. The molecule has 2 aromatic rings. The number of ether oxygens (including phenoxy) is 1. The summed E-state index contributed by atoms with van der Waals surface area (Å²) in [4.78, 5) is 1.06. The van der Waals surface area contributed by atoms with Gasteiger partial charge in [0.15, 0.2) is 5.75 Å². The molecule has 0 bridgehead atoms. The number of thioether (sulfide) groups is 1. The van der Waals surface area contributed by atoms with Gasteiger partial charge in [0.25, 0.3) is 0 Å². The standard InChI is InChI=1S/C15H15Cl2NOS/c1-10-5-6-14(13(18)9-10)20-8-7-19-15-11(16)3-2-4-12(15)17/h2-6,9H,7-8,18H2,1H3. The molecule has 0 radical (unpaired) electrons. The quantitative estimate of drug-likeness (QED) is 0.474. The first kappa shape index (κ1) is 15.4. The number of nitrogen functional groups attached to an aromatic ring is 1. The Hall–Kier alpha value is -1.03. The minimum absolute atomic E-state index is 0.515. The van der Waals surface area contributed by atoms with Crippen LogP contribution in [-0.2, 0) is 0 Å². The van der Waals surface area contributed by atoms with Crippen LogP contribution in [0.2, 0.25) is 10.0 Å². The largest absolute Gasteiger partial charge is 0.490 e. The van der Waals surface area contributed by atoms with Crippen LogP contribution in [0.4, 0.5) is 5.69 Å².